The monoisotopic (exact) mass is 385 g/mol. The Morgan fingerprint density at radius 3 is 2.44 bits per heavy atom. The topological polar surface area (TPSA) is 35.6 Å². The van der Waals surface area contributed by atoms with Gasteiger partial charge in [0.1, 0.15) is 5.82 Å². The number of halogens is 1. The van der Waals surface area contributed by atoms with Gasteiger partial charge in [-0.25, -0.2) is 4.39 Å². The van der Waals surface area contributed by atoms with Crippen molar-refractivity contribution in [3.63, 3.8) is 0 Å². The summed E-state index contributed by atoms with van der Waals surface area (Å²) in [6.45, 7) is 8.36. The fourth-order valence-corrected chi connectivity index (χ4v) is 3.51. The van der Waals surface area contributed by atoms with Crippen LogP contribution in [-0.2, 0) is 0 Å². The first-order valence-corrected chi connectivity index (χ1v) is 9.45. The molecular formula is C21H24FN3OS. The zero-order chi connectivity index (χ0) is 19.6. The van der Waals surface area contributed by atoms with Crippen LogP contribution in [0, 0.1) is 19.7 Å². The summed E-state index contributed by atoms with van der Waals surface area (Å²) in [4.78, 5) is 15.5. The highest BCUT2D eigenvalue weighted by Crippen LogP contribution is 2.23. The molecule has 2 aromatic rings. The normalized spacial score (nSPS) is 14.2. The van der Waals surface area contributed by atoms with Crippen LogP contribution in [0.15, 0.2) is 36.4 Å². The zero-order valence-electron chi connectivity index (χ0n) is 15.9. The molecule has 0 atom stereocenters. The van der Waals surface area contributed by atoms with E-state index in [1.165, 1.54) is 24.1 Å². The first-order chi connectivity index (χ1) is 12.9. The van der Waals surface area contributed by atoms with Crippen molar-refractivity contribution in [3.05, 3.63) is 58.9 Å². The summed E-state index contributed by atoms with van der Waals surface area (Å²) in [5, 5.41) is 4.02. The number of benzene rings is 2. The average Bonchev–Trinajstić information content (AvgIpc) is 2.65. The van der Waals surface area contributed by atoms with Gasteiger partial charge in [0.15, 0.2) is 10.9 Å². The maximum Gasteiger partial charge on any atom is 0.173 e. The van der Waals surface area contributed by atoms with E-state index in [9.17, 15) is 9.18 Å². The molecule has 1 aliphatic heterocycles. The van der Waals surface area contributed by atoms with Gasteiger partial charge in [-0.2, -0.15) is 0 Å². The Balaban J connectivity index is 1.62. The molecule has 0 amide bonds. The van der Waals surface area contributed by atoms with Crippen molar-refractivity contribution < 1.29 is 9.18 Å². The predicted molar refractivity (Wildman–Crippen MR) is 112 cm³/mol. The van der Waals surface area contributed by atoms with Crippen LogP contribution in [0.5, 0.6) is 0 Å². The largest absolute Gasteiger partial charge is 0.366 e. The van der Waals surface area contributed by atoms with E-state index in [-0.39, 0.29) is 11.6 Å². The van der Waals surface area contributed by atoms with Crippen molar-refractivity contribution >= 4 is 34.5 Å². The Kier molecular flexibility index (Phi) is 5.75. The summed E-state index contributed by atoms with van der Waals surface area (Å²) in [5.41, 5.74) is 4.36. The van der Waals surface area contributed by atoms with Gasteiger partial charge in [-0.3, -0.25) is 4.79 Å². The van der Waals surface area contributed by atoms with E-state index in [4.69, 9.17) is 12.2 Å². The number of hydrogen-bond acceptors (Lipinski definition) is 3. The summed E-state index contributed by atoms with van der Waals surface area (Å²) in [5.74, 6) is -0.486. The third kappa shape index (κ3) is 4.27. The number of anilines is 2. The lowest BCUT2D eigenvalue weighted by Crippen LogP contribution is -2.50. The minimum atomic E-state index is -0.354. The second kappa shape index (κ2) is 8.05. The van der Waals surface area contributed by atoms with E-state index in [0.717, 1.165) is 5.69 Å². The number of ketones is 1. The second-order valence-electron chi connectivity index (χ2n) is 6.87. The van der Waals surface area contributed by atoms with Crippen molar-refractivity contribution in [3.8, 4) is 0 Å². The molecule has 1 heterocycles. The Bertz CT molecular complexity index is 876. The fraction of sp³-hybridized carbons (Fsp3) is 0.333. The lowest BCUT2D eigenvalue weighted by Gasteiger charge is -2.37. The summed E-state index contributed by atoms with van der Waals surface area (Å²) in [7, 11) is 0. The summed E-state index contributed by atoms with van der Waals surface area (Å²) in [6, 6.07) is 10.8. The average molecular weight is 386 g/mol. The third-order valence-corrected chi connectivity index (χ3v) is 5.47. The van der Waals surface area contributed by atoms with E-state index < -0.39 is 0 Å². The maximum absolute atomic E-state index is 14.4. The highest BCUT2D eigenvalue weighted by atomic mass is 32.1. The van der Waals surface area contributed by atoms with Gasteiger partial charge in [-0.1, -0.05) is 12.1 Å². The summed E-state index contributed by atoms with van der Waals surface area (Å²) in [6.07, 6.45) is 0. The van der Waals surface area contributed by atoms with Gasteiger partial charge in [0.05, 0.1) is 5.69 Å². The Morgan fingerprint density at radius 1 is 1.11 bits per heavy atom. The van der Waals surface area contributed by atoms with Gasteiger partial charge in [-0.05, 0) is 68.4 Å². The molecule has 4 nitrogen and oxygen atoms in total. The fourth-order valence-electron chi connectivity index (χ4n) is 3.21. The van der Waals surface area contributed by atoms with Crippen molar-refractivity contribution in [1.29, 1.82) is 0 Å². The molecule has 0 aromatic heterocycles. The molecule has 0 bridgehead atoms. The number of hydrogen-bond donors (Lipinski definition) is 1. The van der Waals surface area contributed by atoms with Crippen LogP contribution >= 0.6 is 12.2 Å². The molecule has 1 N–H and O–H groups in total. The van der Waals surface area contributed by atoms with E-state index in [1.54, 1.807) is 12.1 Å². The quantitative estimate of drug-likeness (QED) is 0.634. The smallest absolute Gasteiger partial charge is 0.173 e. The molecule has 0 unspecified atom stereocenters. The summed E-state index contributed by atoms with van der Waals surface area (Å²) >= 11 is 5.57. The highest BCUT2D eigenvalue weighted by molar-refractivity contribution is 7.80. The number of piperazine rings is 1. The molecule has 3 rings (SSSR count). The van der Waals surface area contributed by atoms with Gasteiger partial charge in [0.25, 0.3) is 0 Å². The SMILES string of the molecule is CC(=O)c1ccc(N2CCN(C(=S)Nc3cccc(C)c3C)CC2)c(F)c1. The number of aryl methyl sites for hydroxylation is 1. The number of rotatable bonds is 3. The van der Waals surface area contributed by atoms with Crippen LogP contribution in [0.2, 0.25) is 0 Å². The van der Waals surface area contributed by atoms with E-state index in [2.05, 4.69) is 30.1 Å². The van der Waals surface area contributed by atoms with Crippen molar-refractivity contribution in [2.75, 3.05) is 36.4 Å². The molecule has 0 radical (unpaired) electrons. The minimum Gasteiger partial charge on any atom is -0.366 e. The van der Waals surface area contributed by atoms with E-state index in [1.807, 2.05) is 17.0 Å². The number of Topliss-reactive ketones (excluding diaryl/α,β-unsaturated/α-hetero) is 1. The first kappa shape index (κ1) is 19.3. The van der Waals surface area contributed by atoms with Gasteiger partial charge in [0.2, 0.25) is 0 Å². The van der Waals surface area contributed by atoms with Crippen molar-refractivity contribution in [1.82, 2.24) is 4.90 Å². The van der Waals surface area contributed by atoms with Gasteiger partial charge >= 0.3 is 0 Å². The van der Waals surface area contributed by atoms with Crippen LogP contribution in [0.1, 0.15) is 28.4 Å². The third-order valence-electron chi connectivity index (χ3n) is 5.11. The molecule has 0 saturated carbocycles. The van der Waals surface area contributed by atoms with Crippen LogP contribution in [0.3, 0.4) is 0 Å². The van der Waals surface area contributed by atoms with Crippen molar-refractivity contribution in [2.24, 2.45) is 0 Å². The summed E-state index contributed by atoms with van der Waals surface area (Å²) < 4.78 is 14.4. The molecule has 1 aliphatic rings. The van der Waals surface area contributed by atoms with Crippen molar-refractivity contribution in [2.45, 2.75) is 20.8 Å². The minimum absolute atomic E-state index is 0.131. The Hall–Kier alpha value is -2.47. The molecule has 27 heavy (non-hydrogen) atoms. The van der Waals surface area contributed by atoms with E-state index >= 15 is 0 Å². The Labute approximate surface area is 165 Å². The van der Waals surface area contributed by atoms with E-state index in [0.29, 0.717) is 42.5 Å². The number of thiocarbonyl (C=S) groups is 1. The molecular weight excluding hydrogens is 361 g/mol. The number of carbonyl (C=O) groups is 1. The molecule has 0 aliphatic carbocycles. The maximum atomic E-state index is 14.4. The lowest BCUT2D eigenvalue weighted by molar-refractivity contribution is 0.101. The van der Waals surface area contributed by atoms with Crippen LogP contribution in [0.4, 0.5) is 15.8 Å². The Morgan fingerprint density at radius 2 is 1.81 bits per heavy atom. The lowest BCUT2D eigenvalue weighted by atomic mass is 10.1. The highest BCUT2D eigenvalue weighted by Gasteiger charge is 2.22. The number of nitrogens with one attached hydrogen (secondary N) is 1. The molecule has 142 valence electrons. The van der Waals surface area contributed by atoms with Crippen LogP contribution < -0.4 is 10.2 Å². The number of nitrogens with zero attached hydrogens (tertiary/aromatic N) is 2. The molecule has 1 saturated heterocycles. The second-order valence-corrected chi connectivity index (χ2v) is 7.26. The zero-order valence-corrected chi connectivity index (χ0v) is 16.7. The number of carbonyl (C=O) groups excluding carboxylic acids is 1. The van der Waals surface area contributed by atoms with Crippen LogP contribution in [0.25, 0.3) is 0 Å². The predicted octanol–water partition coefficient (Wildman–Crippen LogP) is 4.16. The molecule has 2 aromatic carbocycles. The standard InChI is InChI=1S/C21H24FN3OS/c1-14-5-4-6-19(15(14)2)23-21(27)25-11-9-24(10-12-25)20-8-7-17(16(3)26)13-18(20)22/h4-8,13H,9-12H2,1-3H3,(H,23,27). The molecule has 1 fully saturated rings. The van der Waals surface area contributed by atoms with Gasteiger partial charge in [-0.15, -0.1) is 0 Å². The van der Waals surface area contributed by atoms with Gasteiger partial charge in [0, 0.05) is 37.4 Å². The molecule has 6 heteroatoms. The van der Waals surface area contributed by atoms with Gasteiger partial charge < -0.3 is 15.1 Å². The first-order valence-electron chi connectivity index (χ1n) is 9.04. The molecule has 0 spiro atoms. The van der Waals surface area contributed by atoms with Crippen LogP contribution in [-0.4, -0.2) is 42.0 Å².